The van der Waals surface area contributed by atoms with E-state index in [1.165, 1.54) is 0 Å². The Morgan fingerprint density at radius 1 is 1.17 bits per heavy atom. The van der Waals surface area contributed by atoms with E-state index >= 15 is 0 Å². The zero-order valence-electron chi connectivity index (χ0n) is 13.2. The largest absolute Gasteiger partial charge is 0.483 e. The summed E-state index contributed by atoms with van der Waals surface area (Å²) in [5.41, 5.74) is 2.88. The van der Waals surface area contributed by atoms with Crippen molar-refractivity contribution in [3.63, 3.8) is 0 Å². The number of aromatic nitrogens is 1. The van der Waals surface area contributed by atoms with E-state index in [0.29, 0.717) is 0 Å². The lowest BCUT2D eigenvalue weighted by Gasteiger charge is -2.11. The van der Waals surface area contributed by atoms with Crippen molar-refractivity contribution < 1.29 is 9.53 Å². The van der Waals surface area contributed by atoms with Crippen LogP contribution < -0.4 is 10.1 Å². The fraction of sp³-hybridized carbons (Fsp3) is 0.158. The number of hydrogen-bond acceptors (Lipinski definition) is 3. The van der Waals surface area contributed by atoms with Crippen LogP contribution in [0.15, 0.2) is 54.9 Å². The zero-order valence-corrected chi connectivity index (χ0v) is 13.2. The summed E-state index contributed by atoms with van der Waals surface area (Å²) in [6.07, 6.45) is 3.49. The molecule has 4 nitrogen and oxygen atoms in total. The van der Waals surface area contributed by atoms with Gasteiger partial charge in [-0.25, -0.2) is 0 Å². The van der Waals surface area contributed by atoms with Gasteiger partial charge in [0.15, 0.2) is 6.61 Å². The zero-order chi connectivity index (χ0) is 16.2. The molecule has 1 amide bonds. The molecule has 0 atom stereocenters. The summed E-state index contributed by atoms with van der Waals surface area (Å²) in [6, 6.07) is 13.6. The smallest absolute Gasteiger partial charge is 0.262 e. The minimum Gasteiger partial charge on any atom is -0.483 e. The number of nitrogens with zero attached hydrogens (tertiary/aromatic N) is 1. The van der Waals surface area contributed by atoms with Crippen LogP contribution >= 0.6 is 0 Å². The van der Waals surface area contributed by atoms with Crippen molar-refractivity contribution in [1.82, 2.24) is 4.98 Å². The molecule has 0 bridgehead atoms. The van der Waals surface area contributed by atoms with Crippen molar-refractivity contribution in [2.45, 2.75) is 13.8 Å². The van der Waals surface area contributed by atoms with E-state index in [9.17, 15) is 4.79 Å². The second kappa shape index (κ2) is 6.48. The van der Waals surface area contributed by atoms with Crippen LogP contribution in [-0.2, 0) is 4.79 Å². The summed E-state index contributed by atoms with van der Waals surface area (Å²) >= 11 is 0. The van der Waals surface area contributed by atoms with E-state index in [-0.39, 0.29) is 12.5 Å². The molecule has 3 aromatic rings. The Labute approximate surface area is 135 Å². The summed E-state index contributed by atoms with van der Waals surface area (Å²) < 4.78 is 5.64. The summed E-state index contributed by atoms with van der Waals surface area (Å²) in [6.45, 7) is 3.94. The minimum atomic E-state index is -0.185. The number of benzene rings is 2. The monoisotopic (exact) mass is 306 g/mol. The third-order valence-corrected chi connectivity index (χ3v) is 3.66. The number of hydrogen-bond donors (Lipinski definition) is 1. The number of carbonyl (C=O) groups excluding carboxylic acids is 1. The first-order chi connectivity index (χ1) is 11.1. The van der Waals surface area contributed by atoms with Crippen molar-refractivity contribution in [2.24, 2.45) is 0 Å². The van der Waals surface area contributed by atoms with Gasteiger partial charge in [-0.1, -0.05) is 24.3 Å². The summed E-state index contributed by atoms with van der Waals surface area (Å²) in [7, 11) is 0. The van der Waals surface area contributed by atoms with Crippen molar-refractivity contribution in [3.8, 4) is 5.75 Å². The van der Waals surface area contributed by atoms with Gasteiger partial charge in [-0.2, -0.15) is 0 Å². The highest BCUT2D eigenvalue weighted by Gasteiger charge is 2.08. The number of aryl methyl sites for hydroxylation is 2. The topological polar surface area (TPSA) is 51.2 Å². The van der Waals surface area contributed by atoms with Crippen molar-refractivity contribution in [1.29, 1.82) is 0 Å². The van der Waals surface area contributed by atoms with E-state index in [0.717, 1.165) is 33.3 Å². The molecule has 0 aliphatic rings. The van der Waals surface area contributed by atoms with Gasteiger partial charge in [0.1, 0.15) is 5.75 Å². The Morgan fingerprint density at radius 2 is 2.04 bits per heavy atom. The molecule has 0 spiro atoms. The number of pyridine rings is 1. The van der Waals surface area contributed by atoms with Crippen LogP contribution in [0.25, 0.3) is 10.8 Å². The Balaban J connectivity index is 1.70. The molecule has 2 aromatic carbocycles. The third-order valence-electron chi connectivity index (χ3n) is 3.66. The van der Waals surface area contributed by atoms with Crippen LogP contribution in [0.2, 0.25) is 0 Å². The van der Waals surface area contributed by atoms with Crippen LogP contribution in [0.4, 0.5) is 5.69 Å². The molecule has 1 heterocycles. The maximum absolute atomic E-state index is 12.2. The van der Waals surface area contributed by atoms with Crippen LogP contribution in [0.1, 0.15) is 11.1 Å². The van der Waals surface area contributed by atoms with E-state index < -0.39 is 0 Å². The maximum Gasteiger partial charge on any atom is 0.262 e. The Bertz CT molecular complexity index is 854. The van der Waals surface area contributed by atoms with Gasteiger partial charge in [0, 0.05) is 28.9 Å². The maximum atomic E-state index is 12.2. The number of fused-ring (bicyclic) bond motifs is 1. The summed E-state index contributed by atoms with van der Waals surface area (Å²) in [5, 5.41) is 4.85. The lowest BCUT2D eigenvalue weighted by atomic mass is 10.1. The number of anilines is 1. The Morgan fingerprint density at radius 3 is 2.91 bits per heavy atom. The van der Waals surface area contributed by atoms with Crippen LogP contribution in [0.5, 0.6) is 5.75 Å². The van der Waals surface area contributed by atoms with E-state index in [2.05, 4.69) is 10.3 Å². The summed E-state index contributed by atoms with van der Waals surface area (Å²) in [5.74, 6) is 0.553. The summed E-state index contributed by atoms with van der Waals surface area (Å²) in [4.78, 5) is 16.3. The SMILES string of the molecule is Cc1ccc(C)c(OCC(=O)Nc2cccc3cnccc23)c1. The van der Waals surface area contributed by atoms with Gasteiger partial charge in [-0.05, 0) is 43.2 Å². The fourth-order valence-electron chi connectivity index (χ4n) is 2.42. The number of amides is 1. The van der Waals surface area contributed by atoms with Gasteiger partial charge in [0.2, 0.25) is 0 Å². The molecule has 0 radical (unpaired) electrons. The molecule has 0 saturated carbocycles. The molecule has 0 fully saturated rings. The molecule has 4 heteroatoms. The predicted octanol–water partition coefficient (Wildman–Crippen LogP) is 3.87. The second-order valence-electron chi connectivity index (χ2n) is 5.51. The standard InChI is InChI=1S/C19H18N2O2/c1-13-6-7-14(2)18(10-13)23-12-19(22)21-17-5-3-4-15-11-20-9-8-16(15)17/h3-11H,12H2,1-2H3,(H,21,22). The molecule has 0 unspecified atom stereocenters. The molecule has 0 aliphatic heterocycles. The lowest BCUT2D eigenvalue weighted by molar-refractivity contribution is -0.118. The van der Waals surface area contributed by atoms with Crippen molar-refractivity contribution in [3.05, 3.63) is 66.0 Å². The van der Waals surface area contributed by atoms with Crippen LogP contribution in [0, 0.1) is 13.8 Å². The van der Waals surface area contributed by atoms with E-state index in [1.807, 2.05) is 56.3 Å². The first-order valence-electron chi connectivity index (χ1n) is 7.46. The molecule has 116 valence electrons. The van der Waals surface area contributed by atoms with Gasteiger partial charge in [-0.15, -0.1) is 0 Å². The molecule has 0 aliphatic carbocycles. The number of carbonyl (C=O) groups is 1. The third kappa shape index (κ3) is 3.48. The van der Waals surface area contributed by atoms with E-state index in [4.69, 9.17) is 4.74 Å². The first kappa shape index (κ1) is 15.0. The van der Waals surface area contributed by atoms with Gasteiger partial charge in [-0.3, -0.25) is 9.78 Å². The second-order valence-corrected chi connectivity index (χ2v) is 5.51. The molecule has 1 aromatic heterocycles. The molecule has 3 rings (SSSR count). The predicted molar refractivity (Wildman–Crippen MR) is 91.8 cm³/mol. The van der Waals surface area contributed by atoms with Gasteiger partial charge in [0.25, 0.3) is 5.91 Å². The van der Waals surface area contributed by atoms with Crippen LogP contribution in [-0.4, -0.2) is 17.5 Å². The minimum absolute atomic E-state index is 0.0221. The normalized spacial score (nSPS) is 10.5. The quantitative estimate of drug-likeness (QED) is 0.796. The van der Waals surface area contributed by atoms with Gasteiger partial charge >= 0.3 is 0 Å². The highest BCUT2D eigenvalue weighted by Crippen LogP contribution is 2.22. The van der Waals surface area contributed by atoms with Gasteiger partial charge < -0.3 is 10.1 Å². The van der Waals surface area contributed by atoms with Crippen molar-refractivity contribution in [2.75, 3.05) is 11.9 Å². The first-order valence-corrected chi connectivity index (χ1v) is 7.46. The fourth-order valence-corrected chi connectivity index (χ4v) is 2.42. The lowest BCUT2D eigenvalue weighted by Crippen LogP contribution is -2.20. The molecule has 1 N–H and O–H groups in total. The molecule has 23 heavy (non-hydrogen) atoms. The Kier molecular flexibility index (Phi) is 4.24. The average molecular weight is 306 g/mol. The number of rotatable bonds is 4. The molecule has 0 saturated heterocycles. The van der Waals surface area contributed by atoms with Crippen molar-refractivity contribution >= 4 is 22.4 Å². The highest BCUT2D eigenvalue weighted by atomic mass is 16.5. The number of ether oxygens (including phenoxy) is 1. The van der Waals surface area contributed by atoms with Crippen LogP contribution in [0.3, 0.4) is 0 Å². The molecular formula is C19H18N2O2. The number of nitrogens with one attached hydrogen (secondary N) is 1. The highest BCUT2D eigenvalue weighted by molar-refractivity contribution is 6.02. The van der Waals surface area contributed by atoms with E-state index in [1.54, 1.807) is 12.4 Å². The van der Waals surface area contributed by atoms with Gasteiger partial charge in [0.05, 0.1) is 0 Å². The Hall–Kier alpha value is -2.88. The average Bonchev–Trinajstić information content (AvgIpc) is 2.56. The molecular weight excluding hydrogens is 288 g/mol.